The standard InChI is InChI=1S/C21H24N2O5/c1-21(2,3)20(27)22-12-13-5-7-14(8-6-13)18(24)23-17-10-9-15(28-4)11-16(17)19(25)26/h5-11H,12H2,1-4H3,(H,22,27)(H,23,24)(H,25,26). The summed E-state index contributed by atoms with van der Waals surface area (Å²) in [6, 6.07) is 11.1. The van der Waals surface area contributed by atoms with Crippen molar-refractivity contribution in [2.75, 3.05) is 12.4 Å². The van der Waals surface area contributed by atoms with Gasteiger partial charge in [-0.3, -0.25) is 9.59 Å². The fraction of sp³-hybridized carbons (Fsp3) is 0.286. The molecule has 7 nitrogen and oxygen atoms in total. The second kappa shape index (κ2) is 8.56. The first-order valence-electron chi connectivity index (χ1n) is 8.71. The van der Waals surface area contributed by atoms with Gasteiger partial charge in [-0.2, -0.15) is 0 Å². The molecule has 0 spiro atoms. The first kappa shape index (κ1) is 21.0. The summed E-state index contributed by atoms with van der Waals surface area (Å²) in [6.07, 6.45) is 0. The van der Waals surface area contributed by atoms with Crippen molar-refractivity contribution in [3.8, 4) is 5.75 Å². The van der Waals surface area contributed by atoms with E-state index in [1.807, 2.05) is 20.8 Å². The summed E-state index contributed by atoms with van der Waals surface area (Å²) in [4.78, 5) is 35.8. The van der Waals surface area contributed by atoms with Crippen molar-refractivity contribution in [2.24, 2.45) is 5.41 Å². The lowest BCUT2D eigenvalue weighted by atomic mass is 9.95. The largest absolute Gasteiger partial charge is 0.497 e. The van der Waals surface area contributed by atoms with Crippen LogP contribution in [0, 0.1) is 5.41 Å². The number of methoxy groups -OCH3 is 1. The second-order valence-corrected chi connectivity index (χ2v) is 7.30. The van der Waals surface area contributed by atoms with Crippen molar-refractivity contribution in [3.63, 3.8) is 0 Å². The second-order valence-electron chi connectivity index (χ2n) is 7.30. The Bertz CT molecular complexity index is 883. The maximum Gasteiger partial charge on any atom is 0.337 e. The van der Waals surface area contributed by atoms with E-state index in [0.717, 1.165) is 5.56 Å². The molecule has 3 N–H and O–H groups in total. The van der Waals surface area contributed by atoms with Crippen LogP contribution in [0.5, 0.6) is 5.75 Å². The number of benzene rings is 2. The molecule has 2 rings (SSSR count). The topological polar surface area (TPSA) is 105 Å². The molecule has 0 saturated heterocycles. The maximum atomic E-state index is 12.4. The van der Waals surface area contributed by atoms with Crippen molar-refractivity contribution >= 4 is 23.5 Å². The van der Waals surface area contributed by atoms with Crippen LogP contribution >= 0.6 is 0 Å². The minimum absolute atomic E-state index is 0.0602. The molecule has 0 aliphatic carbocycles. The molecule has 0 fully saturated rings. The Morgan fingerprint density at radius 2 is 1.68 bits per heavy atom. The predicted octanol–water partition coefficient (Wildman–Crippen LogP) is 3.31. The molecule has 148 valence electrons. The summed E-state index contributed by atoms with van der Waals surface area (Å²) in [5.41, 5.74) is 0.872. The molecule has 2 amide bonds. The number of hydrogen-bond acceptors (Lipinski definition) is 4. The Morgan fingerprint density at radius 3 is 2.21 bits per heavy atom. The highest BCUT2D eigenvalue weighted by Crippen LogP contribution is 2.23. The van der Waals surface area contributed by atoms with Crippen LogP contribution in [0.2, 0.25) is 0 Å². The number of anilines is 1. The third-order valence-electron chi connectivity index (χ3n) is 4.06. The average molecular weight is 384 g/mol. The Labute approximate surface area is 163 Å². The normalized spacial score (nSPS) is 10.9. The van der Waals surface area contributed by atoms with Gasteiger partial charge in [0.25, 0.3) is 5.91 Å². The van der Waals surface area contributed by atoms with Gasteiger partial charge in [-0.25, -0.2) is 4.79 Å². The Morgan fingerprint density at radius 1 is 1.04 bits per heavy atom. The quantitative estimate of drug-likeness (QED) is 0.709. The van der Waals surface area contributed by atoms with E-state index in [-0.39, 0.29) is 17.2 Å². The van der Waals surface area contributed by atoms with Gasteiger partial charge in [0.2, 0.25) is 5.91 Å². The smallest absolute Gasteiger partial charge is 0.337 e. The number of carboxylic acids is 1. The zero-order chi connectivity index (χ0) is 20.9. The van der Waals surface area contributed by atoms with E-state index in [1.54, 1.807) is 30.3 Å². The highest BCUT2D eigenvalue weighted by molar-refractivity contribution is 6.07. The summed E-state index contributed by atoms with van der Waals surface area (Å²) in [5.74, 6) is -1.27. The molecule has 0 bridgehead atoms. The van der Waals surface area contributed by atoms with Crippen LogP contribution < -0.4 is 15.4 Å². The molecule has 0 unspecified atom stereocenters. The van der Waals surface area contributed by atoms with E-state index in [0.29, 0.717) is 17.9 Å². The van der Waals surface area contributed by atoms with E-state index >= 15 is 0 Å². The number of nitrogens with one attached hydrogen (secondary N) is 2. The fourth-order valence-electron chi connectivity index (χ4n) is 2.35. The molecule has 7 heteroatoms. The van der Waals surface area contributed by atoms with Gasteiger partial charge in [0.1, 0.15) is 5.75 Å². The number of carbonyl (C=O) groups excluding carboxylic acids is 2. The lowest BCUT2D eigenvalue weighted by Gasteiger charge is -2.17. The molecule has 0 aromatic heterocycles. The molecule has 0 saturated carbocycles. The third-order valence-corrected chi connectivity index (χ3v) is 4.06. The lowest BCUT2D eigenvalue weighted by molar-refractivity contribution is -0.128. The highest BCUT2D eigenvalue weighted by atomic mass is 16.5. The number of rotatable bonds is 6. The van der Waals surface area contributed by atoms with Crippen LogP contribution in [0.25, 0.3) is 0 Å². The van der Waals surface area contributed by atoms with Crippen molar-refractivity contribution < 1.29 is 24.2 Å². The van der Waals surface area contributed by atoms with E-state index in [1.165, 1.54) is 19.2 Å². The minimum atomic E-state index is -1.17. The van der Waals surface area contributed by atoms with Gasteiger partial charge < -0.3 is 20.5 Å². The number of amides is 2. The molecular weight excluding hydrogens is 360 g/mol. The summed E-state index contributed by atoms with van der Waals surface area (Å²) in [7, 11) is 1.44. The molecule has 28 heavy (non-hydrogen) atoms. The van der Waals surface area contributed by atoms with Gasteiger partial charge in [0, 0.05) is 17.5 Å². The molecule has 0 heterocycles. The fourth-order valence-corrected chi connectivity index (χ4v) is 2.35. The molecular formula is C21H24N2O5. The van der Waals surface area contributed by atoms with Crippen LogP contribution in [0.4, 0.5) is 5.69 Å². The van der Waals surface area contributed by atoms with Gasteiger partial charge in [-0.1, -0.05) is 32.9 Å². The van der Waals surface area contributed by atoms with Crippen molar-refractivity contribution in [1.29, 1.82) is 0 Å². The Hall–Kier alpha value is -3.35. The number of carbonyl (C=O) groups is 3. The zero-order valence-electron chi connectivity index (χ0n) is 16.3. The van der Waals surface area contributed by atoms with Crippen molar-refractivity contribution in [3.05, 3.63) is 59.2 Å². The highest BCUT2D eigenvalue weighted by Gasteiger charge is 2.20. The van der Waals surface area contributed by atoms with E-state index in [9.17, 15) is 19.5 Å². The van der Waals surface area contributed by atoms with E-state index in [4.69, 9.17) is 4.74 Å². The van der Waals surface area contributed by atoms with Crippen LogP contribution in [0.1, 0.15) is 47.1 Å². The van der Waals surface area contributed by atoms with Crippen LogP contribution in [-0.4, -0.2) is 30.0 Å². The van der Waals surface area contributed by atoms with Crippen LogP contribution in [0.3, 0.4) is 0 Å². The molecule has 0 radical (unpaired) electrons. The SMILES string of the molecule is COc1ccc(NC(=O)c2ccc(CNC(=O)C(C)(C)C)cc2)c(C(=O)O)c1. The minimum Gasteiger partial charge on any atom is -0.497 e. The van der Waals surface area contributed by atoms with E-state index in [2.05, 4.69) is 10.6 Å². The first-order chi connectivity index (χ1) is 13.1. The van der Waals surface area contributed by atoms with E-state index < -0.39 is 17.3 Å². The molecule has 2 aromatic carbocycles. The van der Waals surface area contributed by atoms with Crippen LogP contribution in [-0.2, 0) is 11.3 Å². The van der Waals surface area contributed by atoms with Gasteiger partial charge in [-0.15, -0.1) is 0 Å². The Kier molecular flexibility index (Phi) is 6.41. The van der Waals surface area contributed by atoms with Crippen molar-refractivity contribution in [1.82, 2.24) is 5.32 Å². The van der Waals surface area contributed by atoms with Crippen molar-refractivity contribution in [2.45, 2.75) is 27.3 Å². The number of hydrogen-bond donors (Lipinski definition) is 3. The summed E-state index contributed by atoms with van der Waals surface area (Å²) >= 11 is 0. The molecule has 0 aliphatic heterocycles. The predicted molar refractivity (Wildman–Crippen MR) is 106 cm³/mol. The summed E-state index contributed by atoms with van der Waals surface area (Å²) < 4.78 is 5.02. The van der Waals surface area contributed by atoms with Crippen LogP contribution in [0.15, 0.2) is 42.5 Å². The molecule has 2 aromatic rings. The zero-order valence-corrected chi connectivity index (χ0v) is 16.3. The first-order valence-corrected chi connectivity index (χ1v) is 8.71. The average Bonchev–Trinajstić information content (AvgIpc) is 2.65. The maximum absolute atomic E-state index is 12.4. The number of ether oxygens (including phenoxy) is 1. The van der Waals surface area contributed by atoms with Gasteiger partial charge in [-0.05, 0) is 35.9 Å². The summed E-state index contributed by atoms with van der Waals surface area (Å²) in [6.45, 7) is 5.86. The number of aromatic carboxylic acids is 1. The monoisotopic (exact) mass is 384 g/mol. The van der Waals surface area contributed by atoms with Gasteiger partial charge >= 0.3 is 5.97 Å². The summed E-state index contributed by atoms with van der Waals surface area (Å²) in [5, 5.41) is 14.8. The molecule has 0 atom stereocenters. The Balaban J connectivity index is 2.08. The van der Waals surface area contributed by atoms with Gasteiger partial charge in [0.05, 0.1) is 18.4 Å². The van der Waals surface area contributed by atoms with Gasteiger partial charge in [0.15, 0.2) is 0 Å². The lowest BCUT2D eigenvalue weighted by Crippen LogP contribution is -2.34. The number of carboxylic acid groups (broad SMARTS) is 1. The third kappa shape index (κ3) is 5.33. The molecule has 0 aliphatic rings.